The van der Waals surface area contributed by atoms with Crippen molar-refractivity contribution >= 4 is 34.3 Å². The van der Waals surface area contributed by atoms with Crippen molar-refractivity contribution in [3.63, 3.8) is 0 Å². The molecule has 2 N–H and O–H groups in total. The minimum atomic E-state index is 0.0927. The maximum absolute atomic E-state index is 9.56. The molecule has 3 aromatic rings. The predicted octanol–water partition coefficient (Wildman–Crippen LogP) is 4.62. The quantitative estimate of drug-likeness (QED) is 0.515. The summed E-state index contributed by atoms with van der Waals surface area (Å²) in [5, 5.41) is 17.0. The van der Waals surface area contributed by atoms with Crippen LogP contribution in [0.2, 0.25) is 5.02 Å². The Kier molecular flexibility index (Phi) is 4.98. The highest BCUT2D eigenvalue weighted by molar-refractivity contribution is 7.14. The summed E-state index contributed by atoms with van der Waals surface area (Å²) in [7, 11) is 1.50. The van der Waals surface area contributed by atoms with E-state index in [1.165, 1.54) is 18.4 Å². The molecule has 0 unspecified atom stereocenters. The monoisotopic (exact) mass is 359 g/mol. The van der Waals surface area contributed by atoms with E-state index in [0.29, 0.717) is 15.9 Å². The lowest BCUT2D eigenvalue weighted by atomic mass is 10.2. The lowest BCUT2D eigenvalue weighted by Crippen LogP contribution is -1.91. The molecule has 24 heavy (non-hydrogen) atoms. The largest absolute Gasteiger partial charge is 0.504 e. The molecule has 7 heteroatoms. The summed E-state index contributed by atoms with van der Waals surface area (Å²) in [6.07, 6.45) is 1.63. The molecule has 0 spiro atoms. The van der Waals surface area contributed by atoms with Crippen LogP contribution in [0.3, 0.4) is 0 Å². The predicted molar refractivity (Wildman–Crippen MR) is 98.4 cm³/mol. The van der Waals surface area contributed by atoms with Crippen molar-refractivity contribution in [2.75, 3.05) is 12.5 Å². The molecule has 1 aromatic heterocycles. The third-order valence-electron chi connectivity index (χ3n) is 3.22. The van der Waals surface area contributed by atoms with Crippen LogP contribution in [0, 0.1) is 0 Å². The first-order valence-electron chi connectivity index (χ1n) is 7.03. The molecule has 0 atom stereocenters. The number of hydrazone groups is 1. The van der Waals surface area contributed by atoms with Crippen molar-refractivity contribution in [1.82, 2.24) is 4.98 Å². The SMILES string of the molecule is COc1cc(/C=N/Nc2nc(-c3ccc(Cl)cc3)cs2)ccc1O. The van der Waals surface area contributed by atoms with Gasteiger partial charge in [0.25, 0.3) is 0 Å². The molecule has 3 rings (SSSR count). The minimum absolute atomic E-state index is 0.0927. The van der Waals surface area contributed by atoms with Crippen molar-refractivity contribution in [2.24, 2.45) is 5.10 Å². The standard InChI is InChI=1S/C17H14ClN3O2S/c1-23-16-8-11(2-7-15(16)22)9-19-21-17-20-14(10-24-17)12-3-5-13(18)6-4-12/h2-10,22H,1H3,(H,20,21)/b19-9+. The van der Waals surface area contributed by atoms with E-state index < -0.39 is 0 Å². The molecule has 0 radical (unpaired) electrons. The number of hydrogen-bond acceptors (Lipinski definition) is 6. The van der Waals surface area contributed by atoms with Gasteiger partial charge in [-0.1, -0.05) is 23.7 Å². The van der Waals surface area contributed by atoms with Gasteiger partial charge in [-0.2, -0.15) is 5.10 Å². The Hall–Kier alpha value is -2.57. The van der Waals surface area contributed by atoms with Crippen LogP contribution in [0.15, 0.2) is 52.9 Å². The number of nitrogens with one attached hydrogen (secondary N) is 1. The number of rotatable bonds is 5. The second-order valence-electron chi connectivity index (χ2n) is 4.85. The van der Waals surface area contributed by atoms with Crippen LogP contribution in [-0.2, 0) is 0 Å². The number of aromatic hydroxyl groups is 1. The highest BCUT2D eigenvalue weighted by atomic mass is 35.5. The summed E-state index contributed by atoms with van der Waals surface area (Å²) in [6.45, 7) is 0. The number of hydrogen-bond donors (Lipinski definition) is 2. The van der Waals surface area contributed by atoms with E-state index in [0.717, 1.165) is 16.8 Å². The molecule has 0 fully saturated rings. The fraction of sp³-hybridized carbons (Fsp3) is 0.0588. The third kappa shape index (κ3) is 3.84. The number of benzene rings is 2. The summed E-state index contributed by atoms with van der Waals surface area (Å²) in [4.78, 5) is 4.48. The highest BCUT2D eigenvalue weighted by Crippen LogP contribution is 2.27. The van der Waals surface area contributed by atoms with Crippen LogP contribution in [0.25, 0.3) is 11.3 Å². The zero-order valence-electron chi connectivity index (χ0n) is 12.7. The van der Waals surface area contributed by atoms with Gasteiger partial charge in [-0.25, -0.2) is 4.98 Å². The summed E-state index contributed by atoms with van der Waals surface area (Å²) in [5.41, 5.74) is 5.55. The zero-order valence-corrected chi connectivity index (χ0v) is 14.3. The van der Waals surface area contributed by atoms with Crippen LogP contribution in [0.5, 0.6) is 11.5 Å². The van der Waals surface area contributed by atoms with Crippen molar-refractivity contribution in [3.8, 4) is 22.8 Å². The zero-order chi connectivity index (χ0) is 16.9. The average molecular weight is 360 g/mol. The molecule has 0 saturated carbocycles. The summed E-state index contributed by atoms with van der Waals surface area (Å²) in [6, 6.07) is 12.5. The maximum atomic E-state index is 9.56. The molecule has 5 nitrogen and oxygen atoms in total. The topological polar surface area (TPSA) is 66.7 Å². The molecule has 122 valence electrons. The number of methoxy groups -OCH3 is 1. The molecular weight excluding hydrogens is 346 g/mol. The molecule has 0 bridgehead atoms. The molecule has 2 aromatic carbocycles. The smallest absolute Gasteiger partial charge is 0.203 e. The molecule has 0 saturated heterocycles. The van der Waals surface area contributed by atoms with Crippen molar-refractivity contribution in [3.05, 3.63) is 58.4 Å². The Labute approximate surface area is 148 Å². The van der Waals surface area contributed by atoms with Crippen molar-refractivity contribution in [2.45, 2.75) is 0 Å². The first kappa shape index (κ1) is 16.3. The first-order chi connectivity index (χ1) is 11.7. The van der Waals surface area contributed by atoms with E-state index in [2.05, 4.69) is 15.5 Å². The fourth-order valence-corrected chi connectivity index (χ4v) is 2.81. The Morgan fingerprint density at radius 1 is 1.25 bits per heavy atom. The summed E-state index contributed by atoms with van der Waals surface area (Å²) < 4.78 is 5.06. The fourth-order valence-electron chi connectivity index (χ4n) is 2.01. The van der Waals surface area contributed by atoms with Gasteiger partial charge >= 0.3 is 0 Å². The molecule has 0 aliphatic heterocycles. The normalized spacial score (nSPS) is 10.9. The van der Waals surface area contributed by atoms with Gasteiger partial charge in [0.2, 0.25) is 5.13 Å². The summed E-state index contributed by atoms with van der Waals surface area (Å²) in [5.74, 6) is 0.494. The Morgan fingerprint density at radius 2 is 2.04 bits per heavy atom. The number of phenolic OH excluding ortho intramolecular Hbond substituents is 1. The van der Waals surface area contributed by atoms with Crippen LogP contribution in [0.1, 0.15) is 5.56 Å². The molecule has 0 amide bonds. The van der Waals surface area contributed by atoms with Crippen molar-refractivity contribution < 1.29 is 9.84 Å². The van der Waals surface area contributed by atoms with Crippen LogP contribution in [-0.4, -0.2) is 23.4 Å². The van der Waals surface area contributed by atoms with Crippen molar-refractivity contribution in [1.29, 1.82) is 0 Å². The van der Waals surface area contributed by atoms with E-state index in [1.807, 2.05) is 29.6 Å². The first-order valence-corrected chi connectivity index (χ1v) is 8.29. The average Bonchev–Trinajstić information content (AvgIpc) is 3.06. The maximum Gasteiger partial charge on any atom is 0.203 e. The van der Waals surface area contributed by atoms with Gasteiger partial charge < -0.3 is 9.84 Å². The number of thiazole rings is 1. The van der Waals surface area contributed by atoms with Crippen LogP contribution < -0.4 is 10.2 Å². The van der Waals surface area contributed by atoms with Crippen LogP contribution >= 0.6 is 22.9 Å². The van der Waals surface area contributed by atoms with E-state index in [4.69, 9.17) is 16.3 Å². The molecular formula is C17H14ClN3O2S. The molecule has 0 aliphatic carbocycles. The van der Waals surface area contributed by atoms with Gasteiger partial charge in [-0.15, -0.1) is 11.3 Å². The van der Waals surface area contributed by atoms with E-state index >= 15 is 0 Å². The Bertz CT molecular complexity index is 863. The highest BCUT2D eigenvalue weighted by Gasteiger charge is 2.04. The number of ether oxygens (including phenoxy) is 1. The molecule has 0 aliphatic rings. The number of anilines is 1. The van der Waals surface area contributed by atoms with Crippen LogP contribution in [0.4, 0.5) is 5.13 Å². The number of phenols is 1. The second kappa shape index (κ2) is 7.33. The number of aromatic nitrogens is 1. The second-order valence-corrected chi connectivity index (χ2v) is 6.14. The van der Waals surface area contributed by atoms with Gasteiger partial charge in [0.15, 0.2) is 11.5 Å². The van der Waals surface area contributed by atoms with E-state index in [1.54, 1.807) is 24.4 Å². The number of halogens is 1. The van der Waals surface area contributed by atoms with Gasteiger partial charge in [0.05, 0.1) is 19.0 Å². The Balaban J connectivity index is 1.68. The molecule has 1 heterocycles. The number of nitrogens with zero attached hydrogens (tertiary/aromatic N) is 2. The minimum Gasteiger partial charge on any atom is -0.504 e. The lowest BCUT2D eigenvalue weighted by molar-refractivity contribution is 0.373. The summed E-state index contributed by atoms with van der Waals surface area (Å²) >= 11 is 7.35. The Morgan fingerprint density at radius 3 is 2.79 bits per heavy atom. The van der Waals surface area contributed by atoms with Gasteiger partial charge in [0.1, 0.15) is 0 Å². The van der Waals surface area contributed by atoms with Gasteiger partial charge in [-0.3, -0.25) is 5.43 Å². The lowest BCUT2D eigenvalue weighted by Gasteiger charge is -2.03. The van der Waals surface area contributed by atoms with Gasteiger partial charge in [-0.05, 0) is 35.9 Å². The third-order valence-corrected chi connectivity index (χ3v) is 4.22. The van der Waals surface area contributed by atoms with E-state index in [-0.39, 0.29) is 5.75 Å². The van der Waals surface area contributed by atoms with E-state index in [9.17, 15) is 5.11 Å². The van der Waals surface area contributed by atoms with Gasteiger partial charge in [0, 0.05) is 16.0 Å².